The molecule has 0 saturated heterocycles. The Bertz CT molecular complexity index is 499. The van der Waals surface area contributed by atoms with Crippen LogP contribution in [0.3, 0.4) is 0 Å². The van der Waals surface area contributed by atoms with Crippen molar-refractivity contribution in [3.05, 3.63) is 24.0 Å². The van der Waals surface area contributed by atoms with Crippen LogP contribution in [0, 0.1) is 0 Å². The van der Waals surface area contributed by atoms with E-state index < -0.39 is 0 Å². The van der Waals surface area contributed by atoms with Crippen molar-refractivity contribution in [2.24, 2.45) is 5.73 Å². The van der Waals surface area contributed by atoms with Crippen LogP contribution in [0.25, 0.3) is 11.0 Å². The van der Waals surface area contributed by atoms with Crippen molar-refractivity contribution in [2.45, 2.75) is 18.4 Å². The third kappa shape index (κ3) is 1.01. The molecule has 1 saturated carbocycles. The van der Waals surface area contributed by atoms with E-state index in [0.717, 1.165) is 29.7 Å². The Morgan fingerprint density at radius 1 is 1.43 bits per heavy atom. The zero-order chi connectivity index (χ0) is 9.76. The first kappa shape index (κ1) is 7.82. The Morgan fingerprint density at radius 2 is 2.21 bits per heavy atom. The summed E-state index contributed by atoms with van der Waals surface area (Å²) >= 11 is 0. The van der Waals surface area contributed by atoms with E-state index in [1.165, 1.54) is 0 Å². The number of nitrogens with two attached hydrogens (primary N) is 1. The van der Waals surface area contributed by atoms with E-state index >= 15 is 0 Å². The molecule has 0 amide bonds. The topological polar surface area (TPSA) is 74.9 Å². The molecular formula is C10H11N3O. The monoisotopic (exact) mass is 189 g/mol. The number of imidazole rings is 1. The molecule has 4 N–H and O–H groups in total. The maximum absolute atomic E-state index is 9.28. The van der Waals surface area contributed by atoms with Crippen molar-refractivity contribution in [1.29, 1.82) is 0 Å². The van der Waals surface area contributed by atoms with E-state index in [0.29, 0.717) is 0 Å². The highest BCUT2D eigenvalue weighted by atomic mass is 16.3. The molecule has 1 aliphatic carbocycles. The third-order valence-electron chi connectivity index (χ3n) is 2.73. The number of hydrogen-bond donors (Lipinski definition) is 3. The van der Waals surface area contributed by atoms with Gasteiger partial charge in [0.15, 0.2) is 0 Å². The summed E-state index contributed by atoms with van der Waals surface area (Å²) in [5.74, 6) is 1.08. The molecule has 4 nitrogen and oxygen atoms in total. The molecule has 0 radical (unpaired) electrons. The molecule has 14 heavy (non-hydrogen) atoms. The van der Waals surface area contributed by atoms with E-state index in [4.69, 9.17) is 5.73 Å². The standard InChI is InChI=1S/C10H11N3O/c11-10(3-4-10)9-12-7-2-1-6(14)5-8(7)13-9/h1-2,5,14H,3-4,11H2,(H,12,13). The summed E-state index contributed by atoms with van der Waals surface area (Å²) in [4.78, 5) is 7.54. The fraction of sp³-hybridized carbons (Fsp3) is 0.300. The number of fused-ring (bicyclic) bond motifs is 1. The number of nitrogens with one attached hydrogen (secondary N) is 1. The summed E-state index contributed by atoms with van der Waals surface area (Å²) in [7, 11) is 0. The van der Waals surface area contributed by atoms with Gasteiger partial charge in [-0.2, -0.15) is 0 Å². The first-order valence-corrected chi connectivity index (χ1v) is 4.65. The highest BCUT2D eigenvalue weighted by molar-refractivity contribution is 5.77. The quantitative estimate of drug-likeness (QED) is 0.631. The van der Waals surface area contributed by atoms with Gasteiger partial charge in [0.25, 0.3) is 0 Å². The van der Waals surface area contributed by atoms with Crippen LogP contribution in [0.4, 0.5) is 0 Å². The molecule has 1 aromatic heterocycles. The first-order valence-electron chi connectivity index (χ1n) is 4.65. The molecular weight excluding hydrogens is 178 g/mol. The number of benzene rings is 1. The molecule has 1 fully saturated rings. The lowest BCUT2D eigenvalue weighted by atomic mass is 10.3. The van der Waals surface area contributed by atoms with E-state index in [1.54, 1.807) is 18.2 Å². The zero-order valence-corrected chi connectivity index (χ0v) is 7.62. The van der Waals surface area contributed by atoms with Crippen molar-refractivity contribution < 1.29 is 5.11 Å². The maximum atomic E-state index is 9.28. The number of hydrogen-bond acceptors (Lipinski definition) is 3. The van der Waals surface area contributed by atoms with Crippen LogP contribution in [0.15, 0.2) is 18.2 Å². The van der Waals surface area contributed by atoms with Gasteiger partial charge in [0.1, 0.15) is 11.6 Å². The van der Waals surface area contributed by atoms with Gasteiger partial charge < -0.3 is 15.8 Å². The molecule has 1 heterocycles. The van der Waals surface area contributed by atoms with E-state index in [1.807, 2.05) is 0 Å². The van der Waals surface area contributed by atoms with Gasteiger partial charge in [0.2, 0.25) is 0 Å². The number of aromatic amines is 1. The lowest BCUT2D eigenvalue weighted by Crippen LogP contribution is -2.20. The van der Waals surface area contributed by atoms with Crippen molar-refractivity contribution in [2.75, 3.05) is 0 Å². The van der Waals surface area contributed by atoms with Gasteiger partial charge in [-0.25, -0.2) is 4.98 Å². The average molecular weight is 189 g/mol. The molecule has 1 aromatic carbocycles. The number of phenols is 1. The summed E-state index contributed by atoms with van der Waals surface area (Å²) in [6.45, 7) is 0. The lowest BCUT2D eigenvalue weighted by Gasteiger charge is -2.01. The van der Waals surface area contributed by atoms with Crippen LogP contribution in [0.1, 0.15) is 18.7 Å². The molecule has 3 rings (SSSR count). The van der Waals surface area contributed by atoms with Gasteiger partial charge >= 0.3 is 0 Å². The fourth-order valence-corrected chi connectivity index (χ4v) is 1.60. The number of aromatic hydroxyl groups is 1. The van der Waals surface area contributed by atoms with Gasteiger partial charge in [0, 0.05) is 6.07 Å². The smallest absolute Gasteiger partial charge is 0.127 e. The number of aromatic nitrogens is 2. The fourth-order valence-electron chi connectivity index (χ4n) is 1.60. The van der Waals surface area contributed by atoms with Crippen molar-refractivity contribution >= 4 is 11.0 Å². The highest BCUT2D eigenvalue weighted by Crippen LogP contribution is 2.41. The van der Waals surface area contributed by atoms with Crippen LogP contribution >= 0.6 is 0 Å². The van der Waals surface area contributed by atoms with Crippen LogP contribution < -0.4 is 5.73 Å². The van der Waals surface area contributed by atoms with Gasteiger partial charge in [0.05, 0.1) is 16.6 Å². The third-order valence-corrected chi connectivity index (χ3v) is 2.73. The summed E-state index contributed by atoms with van der Waals surface area (Å²) < 4.78 is 0. The molecule has 0 unspecified atom stereocenters. The Hall–Kier alpha value is -1.55. The van der Waals surface area contributed by atoms with E-state index in [2.05, 4.69) is 9.97 Å². The molecule has 0 atom stereocenters. The largest absolute Gasteiger partial charge is 0.508 e. The number of phenolic OH excluding ortho intramolecular Hbond substituents is 1. The predicted octanol–water partition coefficient (Wildman–Crippen LogP) is 1.22. The second-order valence-corrected chi connectivity index (χ2v) is 3.94. The van der Waals surface area contributed by atoms with Gasteiger partial charge in [-0.3, -0.25) is 0 Å². The number of rotatable bonds is 1. The Labute approximate surface area is 80.8 Å². The molecule has 1 aliphatic rings. The normalized spacial score (nSPS) is 18.6. The van der Waals surface area contributed by atoms with Crippen LogP contribution in [0.2, 0.25) is 0 Å². The zero-order valence-electron chi connectivity index (χ0n) is 7.62. The summed E-state index contributed by atoms with van der Waals surface area (Å²) in [5, 5.41) is 9.28. The average Bonchev–Trinajstić information content (AvgIpc) is 2.77. The lowest BCUT2D eigenvalue weighted by molar-refractivity contribution is 0.476. The van der Waals surface area contributed by atoms with Gasteiger partial charge in [-0.15, -0.1) is 0 Å². The van der Waals surface area contributed by atoms with E-state index in [9.17, 15) is 5.11 Å². The Morgan fingerprint density at radius 3 is 2.93 bits per heavy atom. The SMILES string of the molecule is NC1(c2nc3ccc(O)cc3[nH]2)CC1. The van der Waals surface area contributed by atoms with Crippen molar-refractivity contribution in [1.82, 2.24) is 9.97 Å². The predicted molar refractivity (Wildman–Crippen MR) is 52.9 cm³/mol. The minimum Gasteiger partial charge on any atom is -0.508 e. The van der Waals surface area contributed by atoms with Crippen LogP contribution in [-0.4, -0.2) is 15.1 Å². The van der Waals surface area contributed by atoms with Gasteiger partial charge in [-0.1, -0.05) is 0 Å². The maximum Gasteiger partial charge on any atom is 0.127 e. The number of nitrogens with zero attached hydrogens (tertiary/aromatic N) is 1. The summed E-state index contributed by atoms with van der Waals surface area (Å²) in [6, 6.07) is 5.08. The summed E-state index contributed by atoms with van der Waals surface area (Å²) in [5.41, 5.74) is 7.47. The molecule has 0 bridgehead atoms. The minimum absolute atomic E-state index is 0.241. The van der Waals surface area contributed by atoms with E-state index in [-0.39, 0.29) is 11.3 Å². The molecule has 72 valence electrons. The van der Waals surface area contributed by atoms with Crippen LogP contribution in [0.5, 0.6) is 5.75 Å². The van der Waals surface area contributed by atoms with Gasteiger partial charge in [-0.05, 0) is 25.0 Å². The Balaban J connectivity index is 2.20. The van der Waals surface area contributed by atoms with Crippen LogP contribution in [-0.2, 0) is 5.54 Å². The molecule has 0 spiro atoms. The molecule has 2 aromatic rings. The molecule has 0 aliphatic heterocycles. The summed E-state index contributed by atoms with van der Waals surface area (Å²) in [6.07, 6.45) is 1.97. The number of H-pyrrole nitrogens is 1. The Kier molecular flexibility index (Phi) is 1.27. The first-order chi connectivity index (χ1) is 6.67. The second-order valence-electron chi connectivity index (χ2n) is 3.94. The van der Waals surface area contributed by atoms with Crippen molar-refractivity contribution in [3.8, 4) is 5.75 Å². The van der Waals surface area contributed by atoms with Crippen molar-refractivity contribution in [3.63, 3.8) is 0 Å². The molecule has 4 heteroatoms. The highest BCUT2D eigenvalue weighted by Gasteiger charge is 2.42. The minimum atomic E-state index is -0.241. The second kappa shape index (κ2) is 2.27.